The first-order valence-corrected chi connectivity index (χ1v) is 9.17. The van der Waals surface area contributed by atoms with E-state index in [1.165, 1.54) is 12.3 Å². The lowest BCUT2D eigenvalue weighted by Gasteiger charge is -2.23. The number of alkyl halides is 2. The summed E-state index contributed by atoms with van der Waals surface area (Å²) in [4.78, 5) is 35.0. The molecule has 8 nitrogen and oxygen atoms in total. The van der Waals surface area contributed by atoms with Crippen molar-refractivity contribution in [3.8, 4) is 0 Å². The van der Waals surface area contributed by atoms with Gasteiger partial charge in [-0.05, 0) is 18.6 Å². The summed E-state index contributed by atoms with van der Waals surface area (Å²) in [7, 11) is 0. The Hall–Kier alpha value is -3.43. The van der Waals surface area contributed by atoms with Crippen LogP contribution in [0.25, 0.3) is 11.0 Å². The molecule has 1 aliphatic heterocycles. The van der Waals surface area contributed by atoms with Gasteiger partial charge in [0.2, 0.25) is 5.92 Å². The summed E-state index contributed by atoms with van der Waals surface area (Å²) >= 11 is 0. The number of hydrogen-bond acceptors (Lipinski definition) is 6. The van der Waals surface area contributed by atoms with Crippen LogP contribution in [0.2, 0.25) is 0 Å². The number of benzene rings is 1. The van der Waals surface area contributed by atoms with Gasteiger partial charge in [-0.2, -0.15) is 5.10 Å². The van der Waals surface area contributed by atoms with Gasteiger partial charge in [0.05, 0.1) is 22.9 Å². The molecule has 0 unspecified atom stereocenters. The predicted octanol–water partition coefficient (Wildman–Crippen LogP) is 2.59. The molecule has 150 valence electrons. The number of fused-ring (bicyclic) bond motifs is 1. The molecule has 1 aliphatic rings. The maximum atomic E-state index is 13.8. The van der Waals surface area contributed by atoms with E-state index in [0.717, 1.165) is 0 Å². The standard InChI is InChI=1S/C19H18F2N6O2/c20-19(21)6-3-8-27(9-7-19)17-16(24-13-4-1-2-5-14(13)25-17)18(29)23-12-10-15(28)26-22-11-12/h1-2,4-5,10-11H,3,6-9H2,(H2,23,26,28,29). The number of carbonyl (C=O) groups excluding carboxylic acids is 1. The molecule has 4 rings (SSSR count). The van der Waals surface area contributed by atoms with E-state index < -0.39 is 17.4 Å². The van der Waals surface area contributed by atoms with Gasteiger partial charge in [-0.25, -0.2) is 23.8 Å². The lowest BCUT2D eigenvalue weighted by molar-refractivity contribution is -0.0102. The summed E-state index contributed by atoms with van der Waals surface area (Å²) in [6, 6.07) is 8.21. The number of halogens is 2. The summed E-state index contributed by atoms with van der Waals surface area (Å²) in [5, 5.41) is 8.44. The Bertz CT molecular complexity index is 1120. The third-order valence-corrected chi connectivity index (χ3v) is 4.71. The molecular formula is C19H18F2N6O2. The second-order valence-electron chi connectivity index (χ2n) is 6.87. The van der Waals surface area contributed by atoms with E-state index >= 15 is 0 Å². The Morgan fingerprint density at radius 2 is 1.90 bits per heavy atom. The zero-order valence-electron chi connectivity index (χ0n) is 15.4. The van der Waals surface area contributed by atoms with E-state index in [1.54, 1.807) is 29.2 Å². The Kier molecular flexibility index (Phi) is 4.91. The summed E-state index contributed by atoms with van der Waals surface area (Å²) in [6.45, 7) is 0.405. The lowest BCUT2D eigenvalue weighted by Crippen LogP contribution is -2.30. The fourth-order valence-electron chi connectivity index (χ4n) is 3.27. The number of hydrogen-bond donors (Lipinski definition) is 2. The van der Waals surface area contributed by atoms with Gasteiger partial charge in [-0.15, -0.1) is 0 Å². The van der Waals surface area contributed by atoms with Crippen LogP contribution in [0.1, 0.15) is 29.8 Å². The minimum atomic E-state index is -2.74. The lowest BCUT2D eigenvalue weighted by atomic mass is 10.1. The smallest absolute Gasteiger partial charge is 0.278 e. The van der Waals surface area contributed by atoms with Crippen molar-refractivity contribution < 1.29 is 13.6 Å². The number of anilines is 2. The van der Waals surface area contributed by atoms with Crippen LogP contribution in [-0.2, 0) is 0 Å². The van der Waals surface area contributed by atoms with E-state index in [4.69, 9.17) is 0 Å². The highest BCUT2D eigenvalue weighted by atomic mass is 19.3. The minimum absolute atomic E-state index is 0.00852. The van der Waals surface area contributed by atoms with Crippen LogP contribution in [0.3, 0.4) is 0 Å². The maximum absolute atomic E-state index is 13.8. The molecule has 1 amide bonds. The van der Waals surface area contributed by atoms with Gasteiger partial charge >= 0.3 is 0 Å². The third-order valence-electron chi connectivity index (χ3n) is 4.71. The molecule has 0 spiro atoms. The van der Waals surface area contributed by atoms with E-state index in [-0.39, 0.29) is 43.0 Å². The predicted molar refractivity (Wildman–Crippen MR) is 103 cm³/mol. The topological polar surface area (TPSA) is 104 Å². The fraction of sp³-hybridized carbons (Fsp3) is 0.316. The molecule has 2 N–H and O–H groups in total. The van der Waals surface area contributed by atoms with Crippen molar-refractivity contribution in [1.29, 1.82) is 0 Å². The SMILES string of the molecule is O=C(Nc1cn[nH]c(=O)c1)c1nc2ccccc2nc1N1CCCC(F)(F)CC1. The van der Waals surface area contributed by atoms with Gasteiger partial charge in [0.25, 0.3) is 11.5 Å². The summed E-state index contributed by atoms with van der Waals surface area (Å²) in [5.74, 6) is -3.09. The summed E-state index contributed by atoms with van der Waals surface area (Å²) in [6.07, 6.45) is 1.05. The van der Waals surface area contributed by atoms with Crippen molar-refractivity contribution in [2.24, 2.45) is 0 Å². The van der Waals surface area contributed by atoms with Crippen LogP contribution < -0.4 is 15.8 Å². The average Bonchev–Trinajstić information content (AvgIpc) is 2.87. The molecule has 0 aliphatic carbocycles. The van der Waals surface area contributed by atoms with Gasteiger partial charge < -0.3 is 10.2 Å². The number of amides is 1. The van der Waals surface area contributed by atoms with Gasteiger partial charge in [0, 0.05) is 32.0 Å². The monoisotopic (exact) mass is 400 g/mol. The Balaban J connectivity index is 1.74. The van der Waals surface area contributed by atoms with E-state index in [1.807, 2.05) is 0 Å². The zero-order valence-corrected chi connectivity index (χ0v) is 15.4. The van der Waals surface area contributed by atoms with Crippen LogP contribution in [0.4, 0.5) is 20.3 Å². The van der Waals surface area contributed by atoms with E-state index in [0.29, 0.717) is 17.6 Å². The third kappa shape index (κ3) is 4.20. The highest BCUT2D eigenvalue weighted by molar-refractivity contribution is 6.07. The molecule has 29 heavy (non-hydrogen) atoms. The van der Waals surface area contributed by atoms with Gasteiger partial charge in [0.15, 0.2) is 11.5 Å². The molecular weight excluding hydrogens is 382 g/mol. The number of nitrogens with one attached hydrogen (secondary N) is 2. The van der Waals surface area contributed by atoms with Crippen LogP contribution in [0.5, 0.6) is 0 Å². The molecule has 1 saturated heterocycles. The largest absolute Gasteiger partial charge is 0.354 e. The van der Waals surface area contributed by atoms with Crippen LogP contribution >= 0.6 is 0 Å². The molecule has 0 saturated carbocycles. The van der Waals surface area contributed by atoms with Gasteiger partial charge in [-0.3, -0.25) is 9.59 Å². The first kappa shape index (κ1) is 18.9. The highest BCUT2D eigenvalue weighted by Gasteiger charge is 2.33. The van der Waals surface area contributed by atoms with Crippen molar-refractivity contribution in [1.82, 2.24) is 20.2 Å². The second kappa shape index (κ2) is 7.53. The number of aromatic amines is 1. The normalized spacial score (nSPS) is 16.4. The summed E-state index contributed by atoms with van der Waals surface area (Å²) in [5.41, 5.74) is 0.803. The second-order valence-corrected chi connectivity index (χ2v) is 6.87. The first-order chi connectivity index (χ1) is 13.9. The molecule has 3 aromatic rings. The Morgan fingerprint density at radius 3 is 2.66 bits per heavy atom. The number of para-hydroxylation sites is 2. The molecule has 2 aromatic heterocycles. The zero-order chi connectivity index (χ0) is 20.4. The first-order valence-electron chi connectivity index (χ1n) is 9.17. The number of H-pyrrole nitrogens is 1. The van der Waals surface area contributed by atoms with Crippen LogP contribution in [-0.4, -0.2) is 45.1 Å². The summed E-state index contributed by atoms with van der Waals surface area (Å²) < 4.78 is 27.6. The van der Waals surface area contributed by atoms with Gasteiger partial charge in [-0.1, -0.05) is 12.1 Å². The van der Waals surface area contributed by atoms with Crippen molar-refractivity contribution in [2.75, 3.05) is 23.3 Å². The minimum Gasteiger partial charge on any atom is -0.354 e. The molecule has 1 aromatic carbocycles. The number of rotatable bonds is 3. The molecule has 0 radical (unpaired) electrons. The fourth-order valence-corrected chi connectivity index (χ4v) is 3.27. The van der Waals surface area contributed by atoms with Crippen LogP contribution in [0.15, 0.2) is 41.3 Å². The molecule has 0 bridgehead atoms. The number of carbonyl (C=O) groups is 1. The van der Waals surface area contributed by atoms with Crippen molar-refractivity contribution >= 4 is 28.4 Å². The van der Waals surface area contributed by atoms with Gasteiger partial charge in [0.1, 0.15) is 0 Å². The Labute approximate surface area is 164 Å². The van der Waals surface area contributed by atoms with Crippen molar-refractivity contribution in [2.45, 2.75) is 25.2 Å². The molecule has 1 fully saturated rings. The Morgan fingerprint density at radius 1 is 1.14 bits per heavy atom. The molecule has 3 heterocycles. The average molecular weight is 400 g/mol. The molecule has 10 heteroatoms. The van der Waals surface area contributed by atoms with E-state index in [9.17, 15) is 18.4 Å². The highest BCUT2D eigenvalue weighted by Crippen LogP contribution is 2.31. The number of aromatic nitrogens is 4. The van der Waals surface area contributed by atoms with Crippen LogP contribution in [0, 0.1) is 0 Å². The van der Waals surface area contributed by atoms with Crippen molar-refractivity contribution in [3.63, 3.8) is 0 Å². The quantitative estimate of drug-likeness (QED) is 0.700. The van der Waals surface area contributed by atoms with E-state index in [2.05, 4.69) is 25.5 Å². The maximum Gasteiger partial charge on any atom is 0.278 e. The number of nitrogens with zero attached hydrogens (tertiary/aromatic N) is 4. The van der Waals surface area contributed by atoms with Crippen molar-refractivity contribution in [3.05, 3.63) is 52.6 Å². The molecule has 0 atom stereocenters.